The Bertz CT molecular complexity index is 640. The number of anilines is 1. The van der Waals surface area contributed by atoms with Crippen molar-refractivity contribution in [2.24, 2.45) is 7.05 Å². The topological polar surface area (TPSA) is 72.9 Å². The van der Waals surface area contributed by atoms with Gasteiger partial charge in [-0.25, -0.2) is 4.39 Å². The molecule has 1 heterocycles. The van der Waals surface area contributed by atoms with E-state index in [1.54, 1.807) is 39.2 Å². The molecule has 5 nitrogen and oxygen atoms in total. The van der Waals surface area contributed by atoms with Gasteiger partial charge in [0.1, 0.15) is 5.82 Å². The zero-order valence-corrected chi connectivity index (χ0v) is 11.7. The van der Waals surface area contributed by atoms with Crippen molar-refractivity contribution in [3.05, 3.63) is 46.5 Å². The van der Waals surface area contributed by atoms with Crippen LogP contribution in [0.5, 0.6) is 0 Å². The quantitative estimate of drug-likeness (QED) is 0.896. The van der Waals surface area contributed by atoms with E-state index in [-0.39, 0.29) is 17.4 Å². The Morgan fingerprint density at radius 2 is 2.00 bits per heavy atom. The molecule has 1 amide bonds. The Morgan fingerprint density at radius 1 is 1.40 bits per heavy atom. The van der Waals surface area contributed by atoms with Crippen molar-refractivity contribution in [2.45, 2.75) is 20.4 Å². The average Bonchev–Trinajstić information content (AvgIpc) is 2.72. The third kappa shape index (κ3) is 2.79. The summed E-state index contributed by atoms with van der Waals surface area (Å²) in [6.45, 7) is 3.70. The van der Waals surface area contributed by atoms with Crippen molar-refractivity contribution in [3.63, 3.8) is 0 Å². The van der Waals surface area contributed by atoms with Crippen molar-refractivity contribution < 1.29 is 9.18 Å². The van der Waals surface area contributed by atoms with E-state index in [0.717, 1.165) is 5.56 Å². The summed E-state index contributed by atoms with van der Waals surface area (Å²) in [6.07, 6.45) is 1.57. The van der Waals surface area contributed by atoms with Gasteiger partial charge in [-0.15, -0.1) is 0 Å². The van der Waals surface area contributed by atoms with Crippen molar-refractivity contribution in [2.75, 3.05) is 5.73 Å². The van der Waals surface area contributed by atoms with Crippen LogP contribution in [0.2, 0.25) is 0 Å². The number of rotatable bonds is 3. The minimum Gasteiger partial charge on any atom is -0.396 e. The maximum Gasteiger partial charge on any atom is 0.274 e. The number of nitrogens with one attached hydrogen (secondary N) is 1. The molecule has 0 saturated heterocycles. The van der Waals surface area contributed by atoms with E-state index in [0.29, 0.717) is 23.4 Å². The Hall–Kier alpha value is -2.37. The summed E-state index contributed by atoms with van der Waals surface area (Å²) >= 11 is 0. The molecule has 106 valence electrons. The molecule has 2 rings (SSSR count). The molecule has 0 aliphatic carbocycles. The van der Waals surface area contributed by atoms with Crippen LogP contribution in [-0.2, 0) is 13.6 Å². The number of carbonyl (C=O) groups is 1. The first-order valence-corrected chi connectivity index (χ1v) is 6.21. The molecule has 0 unspecified atom stereocenters. The van der Waals surface area contributed by atoms with E-state index < -0.39 is 0 Å². The standard InChI is InChI=1S/C14H17FN4O/c1-8-4-10(5-9(2)12(8)15)6-17-14(20)13-11(16)7-19(3)18-13/h4-5,7H,6,16H2,1-3H3,(H,17,20). The molecule has 0 bridgehead atoms. The second-order valence-corrected chi connectivity index (χ2v) is 4.83. The molecule has 3 N–H and O–H groups in total. The molecule has 2 aromatic rings. The van der Waals surface area contributed by atoms with E-state index in [1.165, 1.54) is 4.68 Å². The van der Waals surface area contributed by atoms with Crippen molar-refractivity contribution in [1.29, 1.82) is 0 Å². The largest absolute Gasteiger partial charge is 0.396 e. The summed E-state index contributed by atoms with van der Waals surface area (Å²) in [6, 6.07) is 3.43. The van der Waals surface area contributed by atoms with Crippen molar-refractivity contribution in [3.8, 4) is 0 Å². The van der Waals surface area contributed by atoms with Gasteiger partial charge in [0.05, 0.1) is 5.69 Å². The number of hydrogen-bond donors (Lipinski definition) is 2. The fourth-order valence-corrected chi connectivity index (χ4v) is 2.09. The van der Waals surface area contributed by atoms with Crippen molar-refractivity contribution in [1.82, 2.24) is 15.1 Å². The Morgan fingerprint density at radius 3 is 2.50 bits per heavy atom. The number of nitrogens with two attached hydrogens (primary N) is 1. The van der Waals surface area contributed by atoms with Gasteiger partial charge in [-0.3, -0.25) is 9.48 Å². The number of nitrogens with zero attached hydrogens (tertiary/aromatic N) is 2. The van der Waals surface area contributed by atoms with E-state index in [4.69, 9.17) is 5.73 Å². The highest BCUT2D eigenvalue weighted by Crippen LogP contribution is 2.15. The monoisotopic (exact) mass is 276 g/mol. The number of amides is 1. The average molecular weight is 276 g/mol. The molecular weight excluding hydrogens is 259 g/mol. The second kappa shape index (κ2) is 5.32. The number of aryl methyl sites for hydroxylation is 3. The molecule has 20 heavy (non-hydrogen) atoms. The second-order valence-electron chi connectivity index (χ2n) is 4.83. The summed E-state index contributed by atoms with van der Waals surface area (Å²) in [5.74, 6) is -0.559. The summed E-state index contributed by atoms with van der Waals surface area (Å²) in [7, 11) is 1.69. The van der Waals surface area contributed by atoms with Gasteiger partial charge >= 0.3 is 0 Å². The van der Waals surface area contributed by atoms with Crippen LogP contribution >= 0.6 is 0 Å². The lowest BCUT2D eigenvalue weighted by atomic mass is 10.1. The molecule has 1 aromatic carbocycles. The van der Waals surface area contributed by atoms with Crippen LogP contribution in [0.15, 0.2) is 18.3 Å². The fourth-order valence-electron chi connectivity index (χ4n) is 2.09. The van der Waals surface area contributed by atoms with E-state index in [1.807, 2.05) is 0 Å². The van der Waals surface area contributed by atoms with Gasteiger partial charge in [0.2, 0.25) is 0 Å². The zero-order chi connectivity index (χ0) is 14.9. The minimum atomic E-state index is -0.345. The highest BCUT2D eigenvalue weighted by atomic mass is 19.1. The number of aromatic nitrogens is 2. The summed E-state index contributed by atoms with van der Waals surface area (Å²) in [5.41, 5.74) is 8.17. The molecule has 0 saturated carbocycles. The number of halogens is 1. The molecule has 0 atom stereocenters. The molecule has 6 heteroatoms. The van der Waals surface area contributed by atoms with E-state index in [9.17, 15) is 9.18 Å². The number of hydrogen-bond acceptors (Lipinski definition) is 3. The fraction of sp³-hybridized carbons (Fsp3) is 0.286. The van der Waals surface area contributed by atoms with Crippen LogP contribution in [-0.4, -0.2) is 15.7 Å². The smallest absolute Gasteiger partial charge is 0.274 e. The number of nitrogen functional groups attached to an aromatic ring is 1. The Labute approximate surface area is 116 Å². The SMILES string of the molecule is Cc1cc(CNC(=O)c2nn(C)cc2N)cc(C)c1F. The van der Waals surface area contributed by atoms with Crippen LogP contribution in [0.25, 0.3) is 0 Å². The van der Waals surface area contributed by atoms with Crippen LogP contribution < -0.4 is 11.1 Å². The van der Waals surface area contributed by atoms with Gasteiger partial charge in [-0.2, -0.15) is 5.10 Å². The molecule has 0 radical (unpaired) electrons. The minimum absolute atomic E-state index is 0.197. The first-order valence-electron chi connectivity index (χ1n) is 6.21. The van der Waals surface area contributed by atoms with Gasteiger partial charge in [0, 0.05) is 19.8 Å². The lowest BCUT2D eigenvalue weighted by Crippen LogP contribution is -2.24. The molecule has 1 aromatic heterocycles. The first kappa shape index (κ1) is 14.0. The van der Waals surface area contributed by atoms with E-state index in [2.05, 4.69) is 10.4 Å². The molecule has 0 aliphatic heterocycles. The lowest BCUT2D eigenvalue weighted by molar-refractivity contribution is 0.0946. The summed E-state index contributed by atoms with van der Waals surface area (Å²) in [4.78, 5) is 11.9. The summed E-state index contributed by atoms with van der Waals surface area (Å²) < 4.78 is 15.0. The molecular formula is C14H17FN4O. The number of carbonyl (C=O) groups excluding carboxylic acids is 1. The maximum absolute atomic E-state index is 13.5. The molecule has 0 spiro atoms. The van der Waals surface area contributed by atoms with Gasteiger partial charge in [0.15, 0.2) is 5.69 Å². The van der Waals surface area contributed by atoms with Crippen LogP contribution in [0, 0.1) is 19.7 Å². The van der Waals surface area contributed by atoms with Gasteiger partial charge < -0.3 is 11.1 Å². The molecule has 0 fully saturated rings. The normalized spacial score (nSPS) is 10.6. The van der Waals surface area contributed by atoms with Crippen LogP contribution in [0.3, 0.4) is 0 Å². The number of benzene rings is 1. The third-order valence-electron chi connectivity index (χ3n) is 3.02. The van der Waals surface area contributed by atoms with Crippen LogP contribution in [0.4, 0.5) is 10.1 Å². The zero-order valence-electron chi connectivity index (χ0n) is 11.7. The summed E-state index contributed by atoms with van der Waals surface area (Å²) in [5, 5.41) is 6.72. The van der Waals surface area contributed by atoms with Gasteiger partial charge in [0.25, 0.3) is 5.91 Å². The Balaban J connectivity index is 2.09. The predicted octanol–water partition coefficient (Wildman–Crippen LogP) is 1.69. The predicted molar refractivity (Wildman–Crippen MR) is 74.7 cm³/mol. The van der Waals surface area contributed by atoms with E-state index >= 15 is 0 Å². The lowest BCUT2D eigenvalue weighted by Gasteiger charge is -2.08. The highest BCUT2D eigenvalue weighted by molar-refractivity contribution is 5.96. The van der Waals surface area contributed by atoms with Crippen LogP contribution in [0.1, 0.15) is 27.2 Å². The van der Waals surface area contributed by atoms with Gasteiger partial charge in [-0.1, -0.05) is 12.1 Å². The van der Waals surface area contributed by atoms with Gasteiger partial charge in [-0.05, 0) is 30.5 Å². The first-order chi connectivity index (χ1) is 9.38. The highest BCUT2D eigenvalue weighted by Gasteiger charge is 2.14. The maximum atomic E-state index is 13.5. The van der Waals surface area contributed by atoms with Crippen molar-refractivity contribution >= 4 is 11.6 Å². The Kier molecular flexibility index (Phi) is 3.74. The molecule has 0 aliphatic rings. The third-order valence-corrected chi connectivity index (χ3v) is 3.02.